The summed E-state index contributed by atoms with van der Waals surface area (Å²) in [5.41, 5.74) is 2.76. The third-order valence-electron chi connectivity index (χ3n) is 4.46. The minimum Gasteiger partial charge on any atom is -0.322 e. The molecule has 2 heterocycles. The molecule has 1 aromatic heterocycles. The highest BCUT2D eigenvalue weighted by Gasteiger charge is 2.19. The van der Waals surface area contributed by atoms with Crippen LogP contribution < -0.4 is 5.32 Å². The van der Waals surface area contributed by atoms with Gasteiger partial charge >= 0.3 is 0 Å². The molecule has 0 amide bonds. The molecule has 1 aliphatic heterocycles. The average molecular weight is 370 g/mol. The molecule has 138 valence electrons. The van der Waals surface area contributed by atoms with Crippen LogP contribution in [-0.2, 0) is 19.5 Å². The molecule has 0 bridgehead atoms. The van der Waals surface area contributed by atoms with Gasteiger partial charge in [0.25, 0.3) is 0 Å². The van der Waals surface area contributed by atoms with Gasteiger partial charge in [-0.3, -0.25) is 4.90 Å². The summed E-state index contributed by atoms with van der Waals surface area (Å²) in [5.74, 6) is -1.17. The topological polar surface area (TPSA) is 41.1 Å². The van der Waals surface area contributed by atoms with E-state index >= 15 is 0 Å². The number of fused-ring (bicyclic) bond motifs is 1. The third kappa shape index (κ3) is 4.09. The molecule has 0 radical (unpaired) electrons. The number of hydrogen-bond acceptors (Lipinski definition) is 4. The van der Waals surface area contributed by atoms with Crippen LogP contribution in [0.1, 0.15) is 16.8 Å². The van der Waals surface area contributed by atoms with Gasteiger partial charge in [0.1, 0.15) is 17.5 Å². The molecule has 1 aliphatic rings. The molecule has 7 heteroatoms. The van der Waals surface area contributed by atoms with E-state index in [4.69, 9.17) is 0 Å². The second kappa shape index (κ2) is 7.36. The number of anilines is 2. The van der Waals surface area contributed by atoms with Crippen molar-refractivity contribution < 1.29 is 13.2 Å². The number of nitrogens with zero attached hydrogens (tertiary/aromatic N) is 3. The van der Waals surface area contributed by atoms with Gasteiger partial charge in [0.05, 0.1) is 11.4 Å². The van der Waals surface area contributed by atoms with Gasteiger partial charge in [0, 0.05) is 43.9 Å². The lowest BCUT2D eigenvalue weighted by Crippen LogP contribution is -2.31. The molecule has 0 atom stereocenters. The van der Waals surface area contributed by atoms with E-state index in [1.165, 1.54) is 18.2 Å². The Hall–Kier alpha value is -2.93. The fourth-order valence-electron chi connectivity index (χ4n) is 3.21. The molecular weight excluding hydrogens is 353 g/mol. The lowest BCUT2D eigenvalue weighted by Gasteiger charge is -2.28. The molecule has 4 nitrogen and oxygen atoms in total. The van der Waals surface area contributed by atoms with Crippen LogP contribution in [0.25, 0.3) is 0 Å². The van der Waals surface area contributed by atoms with Gasteiger partial charge in [-0.25, -0.2) is 23.1 Å². The molecule has 4 rings (SSSR count). The highest BCUT2D eigenvalue weighted by molar-refractivity contribution is 5.54. The van der Waals surface area contributed by atoms with Crippen LogP contribution in [0.3, 0.4) is 0 Å². The van der Waals surface area contributed by atoms with E-state index in [-0.39, 0.29) is 5.82 Å². The lowest BCUT2D eigenvalue weighted by atomic mass is 10.1. The second-order valence-electron chi connectivity index (χ2n) is 6.51. The number of hydrogen-bond donors (Lipinski definition) is 1. The van der Waals surface area contributed by atoms with Crippen LogP contribution in [0.4, 0.5) is 24.8 Å². The predicted octanol–water partition coefficient (Wildman–Crippen LogP) is 4.20. The summed E-state index contributed by atoms with van der Waals surface area (Å²) in [4.78, 5) is 10.8. The maximum Gasteiger partial charge on any atom is 0.227 e. The standard InChI is InChI=1S/C20H17F3N4/c21-15-7-13(8-16(22)9-15)11-27-6-5-18-14(12-27)10-24-20(25-18)26-19-4-2-1-3-17(19)23/h1-4,7-10H,5-6,11-12H2,(H,24,25,26). The maximum absolute atomic E-state index is 13.8. The van der Waals surface area contributed by atoms with E-state index < -0.39 is 11.6 Å². The number of benzene rings is 2. The molecule has 3 aromatic rings. The Morgan fingerprint density at radius 1 is 1.04 bits per heavy atom. The van der Waals surface area contributed by atoms with Gasteiger partial charge in [-0.15, -0.1) is 0 Å². The number of para-hydroxylation sites is 1. The van der Waals surface area contributed by atoms with E-state index in [1.807, 2.05) is 0 Å². The van der Waals surface area contributed by atoms with Crippen molar-refractivity contribution in [3.8, 4) is 0 Å². The van der Waals surface area contributed by atoms with Crippen molar-refractivity contribution >= 4 is 11.6 Å². The van der Waals surface area contributed by atoms with Crippen LogP contribution in [0, 0.1) is 17.5 Å². The van der Waals surface area contributed by atoms with Crippen molar-refractivity contribution in [2.75, 3.05) is 11.9 Å². The Morgan fingerprint density at radius 2 is 1.81 bits per heavy atom. The van der Waals surface area contributed by atoms with Gasteiger partial charge in [0.2, 0.25) is 5.95 Å². The van der Waals surface area contributed by atoms with Crippen LogP contribution in [-0.4, -0.2) is 21.4 Å². The SMILES string of the molecule is Fc1cc(F)cc(CN2CCc3nc(Nc4ccccc4F)ncc3C2)c1. The van der Waals surface area contributed by atoms with E-state index in [9.17, 15) is 13.2 Å². The van der Waals surface area contributed by atoms with Gasteiger partial charge in [0.15, 0.2) is 0 Å². The first kappa shape index (κ1) is 17.5. The summed E-state index contributed by atoms with van der Waals surface area (Å²) >= 11 is 0. The highest BCUT2D eigenvalue weighted by atomic mass is 19.1. The van der Waals surface area contributed by atoms with Crippen LogP contribution in [0.15, 0.2) is 48.7 Å². The summed E-state index contributed by atoms with van der Waals surface area (Å²) in [6.07, 6.45) is 2.39. The van der Waals surface area contributed by atoms with E-state index in [1.54, 1.807) is 24.4 Å². The molecule has 2 aromatic carbocycles. The Labute approximate surface area is 154 Å². The van der Waals surface area contributed by atoms with Gasteiger partial charge in [-0.05, 0) is 29.8 Å². The zero-order chi connectivity index (χ0) is 18.8. The molecule has 1 N–H and O–H groups in total. The monoisotopic (exact) mass is 370 g/mol. The van der Waals surface area contributed by atoms with Crippen LogP contribution in [0.2, 0.25) is 0 Å². The van der Waals surface area contributed by atoms with Crippen molar-refractivity contribution in [3.63, 3.8) is 0 Å². The van der Waals surface area contributed by atoms with Gasteiger partial charge in [-0.1, -0.05) is 12.1 Å². The molecular formula is C20H17F3N4. The summed E-state index contributed by atoms with van der Waals surface area (Å²) in [6.45, 7) is 1.75. The molecule has 0 unspecified atom stereocenters. The first-order valence-corrected chi connectivity index (χ1v) is 8.60. The van der Waals surface area contributed by atoms with Gasteiger partial charge in [-0.2, -0.15) is 0 Å². The smallest absolute Gasteiger partial charge is 0.227 e. The Balaban J connectivity index is 1.47. The Kier molecular flexibility index (Phi) is 4.77. The van der Waals surface area contributed by atoms with Crippen LogP contribution in [0.5, 0.6) is 0 Å². The lowest BCUT2D eigenvalue weighted by molar-refractivity contribution is 0.242. The summed E-state index contributed by atoms with van der Waals surface area (Å²) in [7, 11) is 0. The van der Waals surface area contributed by atoms with Crippen molar-refractivity contribution in [1.82, 2.24) is 14.9 Å². The number of aromatic nitrogens is 2. The molecule has 0 fully saturated rings. The molecule has 0 saturated carbocycles. The largest absolute Gasteiger partial charge is 0.322 e. The van der Waals surface area contributed by atoms with E-state index in [0.29, 0.717) is 43.3 Å². The molecule has 0 saturated heterocycles. The minimum atomic E-state index is -0.574. The van der Waals surface area contributed by atoms with Crippen LogP contribution >= 0.6 is 0 Å². The predicted molar refractivity (Wildman–Crippen MR) is 95.9 cm³/mol. The summed E-state index contributed by atoms with van der Waals surface area (Å²) in [6, 6.07) is 9.90. The second-order valence-corrected chi connectivity index (χ2v) is 6.51. The molecule has 0 aliphatic carbocycles. The summed E-state index contributed by atoms with van der Waals surface area (Å²) < 4.78 is 40.5. The fraction of sp³-hybridized carbons (Fsp3) is 0.200. The third-order valence-corrected chi connectivity index (χ3v) is 4.46. The first-order chi connectivity index (χ1) is 13.1. The van der Waals surface area contributed by atoms with Crippen molar-refractivity contribution in [1.29, 1.82) is 0 Å². The summed E-state index contributed by atoms with van der Waals surface area (Å²) in [5, 5.41) is 2.89. The zero-order valence-corrected chi connectivity index (χ0v) is 14.4. The fourth-order valence-corrected chi connectivity index (χ4v) is 3.21. The van der Waals surface area contributed by atoms with Gasteiger partial charge < -0.3 is 5.32 Å². The number of nitrogens with one attached hydrogen (secondary N) is 1. The first-order valence-electron chi connectivity index (χ1n) is 8.60. The quantitative estimate of drug-likeness (QED) is 0.748. The van der Waals surface area contributed by atoms with E-state index in [0.717, 1.165) is 17.3 Å². The van der Waals surface area contributed by atoms with Crippen molar-refractivity contribution in [3.05, 3.63) is 82.9 Å². The Bertz CT molecular complexity index is 957. The Morgan fingerprint density at radius 3 is 2.59 bits per heavy atom. The minimum absolute atomic E-state index is 0.322. The molecule has 0 spiro atoms. The maximum atomic E-state index is 13.8. The normalized spacial score (nSPS) is 14.0. The number of halogens is 3. The van der Waals surface area contributed by atoms with Crippen molar-refractivity contribution in [2.24, 2.45) is 0 Å². The highest BCUT2D eigenvalue weighted by Crippen LogP contribution is 2.22. The zero-order valence-electron chi connectivity index (χ0n) is 14.4. The van der Waals surface area contributed by atoms with E-state index in [2.05, 4.69) is 20.2 Å². The molecule has 27 heavy (non-hydrogen) atoms. The number of rotatable bonds is 4. The van der Waals surface area contributed by atoms with Crippen molar-refractivity contribution in [2.45, 2.75) is 19.5 Å². The average Bonchev–Trinajstić information content (AvgIpc) is 2.63.